The van der Waals surface area contributed by atoms with Crippen LogP contribution in [0, 0.1) is 0 Å². The Morgan fingerprint density at radius 2 is 2.03 bits per heavy atom. The Kier molecular flexibility index (Phi) is 10.4. The zero-order valence-electron chi connectivity index (χ0n) is 22.6. The molecule has 196 valence electrons. The van der Waals surface area contributed by atoms with Crippen LogP contribution >= 0.6 is 0 Å². The van der Waals surface area contributed by atoms with Crippen molar-refractivity contribution in [3.05, 3.63) is 78.7 Å². The third kappa shape index (κ3) is 8.23. The lowest BCUT2D eigenvalue weighted by molar-refractivity contribution is 0.0845. The van der Waals surface area contributed by atoms with Crippen LogP contribution in [0.2, 0.25) is 0 Å². The number of rotatable bonds is 11. The molecular formula is C30H40N6O. The van der Waals surface area contributed by atoms with Gasteiger partial charge in [-0.25, -0.2) is 9.97 Å². The molecule has 2 aromatic rings. The number of hydrogen-bond acceptors (Lipinski definition) is 7. The summed E-state index contributed by atoms with van der Waals surface area (Å²) in [7, 11) is 5.74. The lowest BCUT2D eigenvalue weighted by atomic mass is 10.0. The van der Waals surface area contributed by atoms with E-state index in [1.807, 2.05) is 68.8 Å². The van der Waals surface area contributed by atoms with Gasteiger partial charge in [0.15, 0.2) is 5.82 Å². The Morgan fingerprint density at radius 3 is 2.68 bits per heavy atom. The van der Waals surface area contributed by atoms with Gasteiger partial charge in [-0.2, -0.15) is 0 Å². The molecule has 7 nitrogen and oxygen atoms in total. The first-order valence-corrected chi connectivity index (χ1v) is 12.7. The lowest BCUT2D eigenvalue weighted by Gasteiger charge is -2.29. The molecule has 0 atom stereocenters. The number of aliphatic hydroxyl groups excluding tert-OH is 1. The number of anilines is 1. The van der Waals surface area contributed by atoms with Gasteiger partial charge >= 0.3 is 0 Å². The van der Waals surface area contributed by atoms with E-state index < -0.39 is 0 Å². The maximum absolute atomic E-state index is 9.81. The van der Waals surface area contributed by atoms with Crippen LogP contribution in [0.5, 0.6) is 0 Å². The number of aliphatic hydroxyl groups is 1. The molecule has 1 saturated heterocycles. The summed E-state index contributed by atoms with van der Waals surface area (Å²) in [6.07, 6.45) is 11.0. The number of likely N-dealkylation sites (tertiary alicyclic amines) is 1. The average Bonchev–Trinajstić information content (AvgIpc) is 2.88. The third-order valence-electron chi connectivity index (χ3n) is 6.12. The van der Waals surface area contributed by atoms with Gasteiger partial charge in [-0.15, -0.1) is 0 Å². The van der Waals surface area contributed by atoms with E-state index in [-0.39, 0.29) is 6.10 Å². The maximum Gasteiger partial charge on any atom is 0.161 e. The first-order valence-electron chi connectivity index (χ1n) is 12.7. The second kappa shape index (κ2) is 13.7. The quantitative estimate of drug-likeness (QED) is 0.342. The van der Waals surface area contributed by atoms with E-state index in [9.17, 15) is 5.11 Å². The number of aliphatic imine (C=N–C) groups is 1. The minimum atomic E-state index is -0.173. The van der Waals surface area contributed by atoms with Crippen molar-refractivity contribution < 1.29 is 5.11 Å². The second-order valence-electron chi connectivity index (χ2n) is 9.62. The Morgan fingerprint density at radius 1 is 1.27 bits per heavy atom. The molecule has 1 aliphatic heterocycles. The zero-order chi connectivity index (χ0) is 26.8. The van der Waals surface area contributed by atoms with E-state index in [0.29, 0.717) is 5.82 Å². The fraction of sp³-hybridized carbons (Fsp3) is 0.367. The summed E-state index contributed by atoms with van der Waals surface area (Å²) < 4.78 is 0. The van der Waals surface area contributed by atoms with Gasteiger partial charge in [-0.3, -0.25) is 4.99 Å². The molecule has 2 N–H and O–H groups in total. The Bertz CT molecular complexity index is 1170. The summed E-state index contributed by atoms with van der Waals surface area (Å²) >= 11 is 0. The first kappa shape index (κ1) is 28.0. The first-order chi connectivity index (χ1) is 17.8. The Hall–Kier alpha value is -3.55. The minimum Gasteiger partial charge on any atom is -0.393 e. The van der Waals surface area contributed by atoms with E-state index in [1.165, 1.54) is 0 Å². The van der Waals surface area contributed by atoms with Crippen LogP contribution in [0.1, 0.15) is 30.9 Å². The molecule has 37 heavy (non-hydrogen) atoms. The number of nitrogens with one attached hydrogen (secondary N) is 1. The molecule has 0 radical (unpaired) electrons. The smallest absolute Gasteiger partial charge is 0.161 e. The molecular weight excluding hydrogens is 460 g/mol. The summed E-state index contributed by atoms with van der Waals surface area (Å²) in [6, 6.07) is 8.20. The van der Waals surface area contributed by atoms with E-state index in [2.05, 4.69) is 40.5 Å². The fourth-order valence-electron chi connectivity index (χ4n) is 4.29. The molecule has 1 aliphatic rings. The summed E-state index contributed by atoms with van der Waals surface area (Å²) in [5, 5.41) is 13.4. The molecule has 0 amide bonds. The van der Waals surface area contributed by atoms with Crippen molar-refractivity contribution in [2.45, 2.75) is 25.9 Å². The molecule has 0 saturated carbocycles. The van der Waals surface area contributed by atoms with Gasteiger partial charge in [-0.1, -0.05) is 49.1 Å². The molecule has 0 bridgehead atoms. The van der Waals surface area contributed by atoms with Crippen LogP contribution in [0.15, 0.2) is 72.5 Å². The SMILES string of the molecule is C=C/C(=C\N(C)C)c1cccc(-c2ncc(/C(C=NC)=C/C(=C)C)c(NCCN3CCC(O)CC3)n2)c1. The molecule has 3 rings (SSSR count). The lowest BCUT2D eigenvalue weighted by Crippen LogP contribution is -2.38. The van der Waals surface area contributed by atoms with Crippen LogP contribution in [0.4, 0.5) is 5.82 Å². The van der Waals surface area contributed by atoms with Gasteiger partial charge in [0.2, 0.25) is 0 Å². The highest BCUT2D eigenvalue weighted by Gasteiger charge is 2.17. The van der Waals surface area contributed by atoms with Crippen molar-refractivity contribution in [2.75, 3.05) is 52.6 Å². The molecule has 7 heteroatoms. The highest BCUT2D eigenvalue weighted by molar-refractivity contribution is 6.12. The van der Waals surface area contributed by atoms with E-state index in [0.717, 1.165) is 78.2 Å². The van der Waals surface area contributed by atoms with Crippen LogP contribution < -0.4 is 5.32 Å². The predicted molar refractivity (Wildman–Crippen MR) is 157 cm³/mol. The molecule has 1 fully saturated rings. The molecule has 0 unspecified atom stereocenters. The van der Waals surface area contributed by atoms with E-state index in [1.54, 1.807) is 7.05 Å². The van der Waals surface area contributed by atoms with Crippen molar-refractivity contribution in [2.24, 2.45) is 4.99 Å². The number of nitrogens with zero attached hydrogens (tertiary/aromatic N) is 5. The highest BCUT2D eigenvalue weighted by atomic mass is 16.3. The summed E-state index contributed by atoms with van der Waals surface area (Å²) in [5.74, 6) is 1.40. The number of aromatic nitrogens is 2. The van der Waals surface area contributed by atoms with Gasteiger partial charge in [-0.05, 0) is 37.0 Å². The number of allylic oxidation sites excluding steroid dienone is 5. The van der Waals surface area contributed by atoms with Crippen molar-refractivity contribution in [3.63, 3.8) is 0 Å². The standard InChI is InChI=1S/C30H40N6O/c1-7-23(21-35(5)6)24-9-8-10-25(18-24)29-33-20-28(26(19-31-4)17-22(2)3)30(34-29)32-13-16-36-14-11-27(37)12-15-36/h7-10,17-21,27,37H,1-2,11-16H2,3-6H3,(H,32,33,34)/b23-21+,26-17+,31-19?. The Labute approximate surface area is 221 Å². The van der Waals surface area contributed by atoms with Crippen LogP contribution in [-0.4, -0.2) is 84.5 Å². The van der Waals surface area contributed by atoms with E-state index >= 15 is 0 Å². The van der Waals surface area contributed by atoms with E-state index in [4.69, 9.17) is 9.97 Å². The minimum absolute atomic E-state index is 0.173. The largest absolute Gasteiger partial charge is 0.393 e. The molecule has 2 heterocycles. The third-order valence-corrected chi connectivity index (χ3v) is 6.12. The van der Waals surface area contributed by atoms with Crippen molar-refractivity contribution in [1.82, 2.24) is 19.8 Å². The van der Waals surface area contributed by atoms with Crippen molar-refractivity contribution in [3.8, 4) is 11.4 Å². The summed E-state index contributed by atoms with van der Waals surface area (Å²) in [4.78, 5) is 18.3. The highest BCUT2D eigenvalue weighted by Crippen LogP contribution is 2.27. The number of benzene rings is 1. The number of piperidine rings is 1. The van der Waals surface area contributed by atoms with Gasteiger partial charge < -0.3 is 20.2 Å². The van der Waals surface area contributed by atoms with Crippen LogP contribution in [0.25, 0.3) is 22.5 Å². The molecule has 1 aromatic heterocycles. The summed E-state index contributed by atoms with van der Waals surface area (Å²) in [5.41, 5.74) is 5.71. The zero-order valence-corrected chi connectivity index (χ0v) is 22.6. The van der Waals surface area contributed by atoms with Crippen LogP contribution in [0.3, 0.4) is 0 Å². The predicted octanol–water partition coefficient (Wildman–Crippen LogP) is 4.76. The average molecular weight is 501 g/mol. The molecule has 1 aromatic carbocycles. The van der Waals surface area contributed by atoms with Crippen molar-refractivity contribution in [1.29, 1.82) is 0 Å². The molecule has 0 spiro atoms. The fourth-order valence-corrected chi connectivity index (χ4v) is 4.29. The Balaban J connectivity index is 1.95. The second-order valence-corrected chi connectivity index (χ2v) is 9.62. The van der Waals surface area contributed by atoms with Gasteiger partial charge in [0.1, 0.15) is 5.82 Å². The topological polar surface area (TPSA) is 76.9 Å². The van der Waals surface area contributed by atoms with Crippen molar-refractivity contribution >= 4 is 23.2 Å². The number of hydrogen-bond donors (Lipinski definition) is 2. The maximum atomic E-state index is 9.81. The van der Waals surface area contributed by atoms with Crippen LogP contribution in [-0.2, 0) is 0 Å². The van der Waals surface area contributed by atoms with Gasteiger partial charge in [0.05, 0.1) is 6.10 Å². The molecule has 0 aliphatic carbocycles. The monoisotopic (exact) mass is 500 g/mol. The summed E-state index contributed by atoms with van der Waals surface area (Å²) in [6.45, 7) is 13.4. The van der Waals surface area contributed by atoms with Gasteiger partial charge in [0, 0.05) is 82.6 Å². The normalized spacial score (nSPS) is 15.7. The van der Waals surface area contributed by atoms with Gasteiger partial charge in [0.25, 0.3) is 0 Å².